The maximum atomic E-state index is 5.90. The first-order valence-corrected chi connectivity index (χ1v) is 9.25. The number of ether oxygens (including phenoxy) is 1. The summed E-state index contributed by atoms with van der Waals surface area (Å²) in [6, 6.07) is 38.0. The summed E-state index contributed by atoms with van der Waals surface area (Å²) in [5.74, 6) is 0. The Bertz CT molecular complexity index is 873. The highest BCUT2D eigenvalue weighted by Gasteiger charge is 2.00. The third kappa shape index (κ3) is 4.52. The summed E-state index contributed by atoms with van der Waals surface area (Å²) < 4.78 is 5.90. The van der Waals surface area contributed by atoms with Crippen LogP contribution < -0.4 is 0 Å². The predicted octanol–water partition coefficient (Wildman–Crippen LogP) is 6.74. The topological polar surface area (TPSA) is 9.23 Å². The van der Waals surface area contributed by atoms with Crippen LogP contribution in [0.3, 0.4) is 0 Å². The van der Waals surface area contributed by atoms with Crippen LogP contribution in [0.2, 0.25) is 0 Å². The van der Waals surface area contributed by atoms with Gasteiger partial charge >= 0.3 is 0 Å². The largest absolute Gasteiger partial charge is 0.372 e. The molecule has 0 aromatic heterocycles. The maximum absolute atomic E-state index is 5.90. The zero-order valence-electron chi connectivity index (χ0n) is 15.2. The van der Waals surface area contributed by atoms with Crippen LogP contribution >= 0.6 is 0 Å². The molecule has 4 aromatic carbocycles. The van der Waals surface area contributed by atoms with Gasteiger partial charge in [0.1, 0.15) is 0 Å². The SMILES string of the molecule is c1ccc(-c2ccc(COCc3ccc(-c4ccccc4)cc3)cc2)cc1. The van der Waals surface area contributed by atoms with Gasteiger partial charge in [-0.2, -0.15) is 0 Å². The van der Waals surface area contributed by atoms with Gasteiger partial charge in [-0.15, -0.1) is 0 Å². The molecule has 0 radical (unpaired) electrons. The van der Waals surface area contributed by atoms with E-state index in [2.05, 4.69) is 97.1 Å². The third-order valence-corrected chi connectivity index (χ3v) is 4.66. The van der Waals surface area contributed by atoms with E-state index in [-0.39, 0.29) is 0 Å². The lowest BCUT2D eigenvalue weighted by Crippen LogP contribution is -1.94. The molecule has 0 aliphatic carbocycles. The Kier molecular flexibility index (Phi) is 5.42. The van der Waals surface area contributed by atoms with E-state index in [0.29, 0.717) is 13.2 Å². The third-order valence-electron chi connectivity index (χ3n) is 4.66. The molecule has 4 aromatic rings. The van der Waals surface area contributed by atoms with Gasteiger partial charge in [-0.1, -0.05) is 109 Å². The quantitative estimate of drug-likeness (QED) is 0.374. The minimum atomic E-state index is 0.621. The lowest BCUT2D eigenvalue weighted by molar-refractivity contribution is 0.107. The standard InChI is InChI=1S/C26H22O/c1-3-7-23(8-4-1)25-15-11-21(12-16-25)19-27-20-22-13-17-26(18-14-22)24-9-5-2-6-10-24/h1-18H,19-20H2. The van der Waals surface area contributed by atoms with E-state index < -0.39 is 0 Å². The van der Waals surface area contributed by atoms with E-state index in [4.69, 9.17) is 4.74 Å². The fourth-order valence-electron chi connectivity index (χ4n) is 3.13. The molecular weight excluding hydrogens is 328 g/mol. The van der Waals surface area contributed by atoms with Gasteiger partial charge in [-0.05, 0) is 33.4 Å². The number of hydrogen-bond acceptors (Lipinski definition) is 1. The van der Waals surface area contributed by atoms with Crippen LogP contribution in [-0.4, -0.2) is 0 Å². The van der Waals surface area contributed by atoms with Gasteiger partial charge in [0.2, 0.25) is 0 Å². The van der Waals surface area contributed by atoms with Crippen molar-refractivity contribution in [2.45, 2.75) is 13.2 Å². The van der Waals surface area contributed by atoms with Crippen LogP contribution in [0, 0.1) is 0 Å². The highest BCUT2D eigenvalue weighted by Crippen LogP contribution is 2.21. The van der Waals surface area contributed by atoms with E-state index in [9.17, 15) is 0 Å². The molecule has 0 amide bonds. The normalized spacial score (nSPS) is 10.7. The predicted molar refractivity (Wildman–Crippen MR) is 112 cm³/mol. The van der Waals surface area contributed by atoms with Gasteiger partial charge in [0.25, 0.3) is 0 Å². The smallest absolute Gasteiger partial charge is 0.0721 e. The van der Waals surface area contributed by atoms with E-state index in [1.165, 1.54) is 33.4 Å². The lowest BCUT2D eigenvalue weighted by atomic mass is 10.0. The second-order valence-corrected chi connectivity index (χ2v) is 6.62. The van der Waals surface area contributed by atoms with Crippen molar-refractivity contribution in [2.75, 3.05) is 0 Å². The van der Waals surface area contributed by atoms with Crippen LogP contribution in [-0.2, 0) is 18.0 Å². The molecule has 0 spiro atoms. The van der Waals surface area contributed by atoms with Gasteiger partial charge in [0.05, 0.1) is 13.2 Å². The van der Waals surface area contributed by atoms with Gasteiger partial charge in [-0.25, -0.2) is 0 Å². The lowest BCUT2D eigenvalue weighted by Gasteiger charge is -2.07. The Hall–Kier alpha value is -3.16. The highest BCUT2D eigenvalue weighted by molar-refractivity contribution is 5.64. The minimum Gasteiger partial charge on any atom is -0.372 e. The van der Waals surface area contributed by atoms with Gasteiger partial charge in [0.15, 0.2) is 0 Å². The summed E-state index contributed by atoms with van der Waals surface area (Å²) in [6.07, 6.45) is 0. The Morgan fingerprint density at radius 1 is 0.370 bits per heavy atom. The summed E-state index contributed by atoms with van der Waals surface area (Å²) in [7, 11) is 0. The van der Waals surface area contributed by atoms with Crippen molar-refractivity contribution in [1.29, 1.82) is 0 Å². The van der Waals surface area contributed by atoms with Gasteiger partial charge < -0.3 is 4.74 Å². The van der Waals surface area contributed by atoms with Crippen LogP contribution in [0.4, 0.5) is 0 Å². The van der Waals surface area contributed by atoms with Gasteiger partial charge in [-0.3, -0.25) is 0 Å². The minimum absolute atomic E-state index is 0.621. The molecule has 0 N–H and O–H groups in total. The Labute approximate surface area is 160 Å². The molecular formula is C26H22O. The number of rotatable bonds is 6. The van der Waals surface area contributed by atoms with Crippen molar-refractivity contribution in [1.82, 2.24) is 0 Å². The average molecular weight is 350 g/mol. The van der Waals surface area contributed by atoms with Crippen LogP contribution in [0.5, 0.6) is 0 Å². The summed E-state index contributed by atoms with van der Waals surface area (Å²) >= 11 is 0. The number of hydrogen-bond donors (Lipinski definition) is 0. The van der Waals surface area contributed by atoms with Crippen LogP contribution in [0.25, 0.3) is 22.3 Å². The molecule has 0 aliphatic heterocycles. The molecule has 0 bridgehead atoms. The molecule has 27 heavy (non-hydrogen) atoms. The average Bonchev–Trinajstić information content (AvgIpc) is 2.76. The summed E-state index contributed by atoms with van der Waals surface area (Å²) in [4.78, 5) is 0. The molecule has 1 heteroatoms. The summed E-state index contributed by atoms with van der Waals surface area (Å²) in [6.45, 7) is 1.24. The molecule has 0 fully saturated rings. The molecule has 0 aliphatic rings. The molecule has 1 nitrogen and oxygen atoms in total. The van der Waals surface area contributed by atoms with Crippen molar-refractivity contribution < 1.29 is 4.74 Å². The van der Waals surface area contributed by atoms with Crippen LogP contribution in [0.1, 0.15) is 11.1 Å². The van der Waals surface area contributed by atoms with E-state index in [0.717, 1.165) is 0 Å². The zero-order chi connectivity index (χ0) is 18.3. The van der Waals surface area contributed by atoms with Crippen molar-refractivity contribution in [3.63, 3.8) is 0 Å². The Morgan fingerprint density at radius 3 is 1.07 bits per heavy atom. The molecule has 4 rings (SSSR count). The molecule has 0 heterocycles. The molecule has 0 atom stereocenters. The van der Waals surface area contributed by atoms with E-state index >= 15 is 0 Å². The zero-order valence-corrected chi connectivity index (χ0v) is 15.2. The van der Waals surface area contributed by atoms with Crippen molar-refractivity contribution in [3.8, 4) is 22.3 Å². The first-order valence-electron chi connectivity index (χ1n) is 9.25. The van der Waals surface area contributed by atoms with Gasteiger partial charge in [0, 0.05) is 0 Å². The molecule has 0 unspecified atom stereocenters. The monoisotopic (exact) mass is 350 g/mol. The first-order chi connectivity index (χ1) is 13.4. The summed E-state index contributed by atoms with van der Waals surface area (Å²) in [5.41, 5.74) is 7.32. The fourth-order valence-corrected chi connectivity index (χ4v) is 3.13. The Morgan fingerprint density at radius 2 is 0.704 bits per heavy atom. The molecule has 0 saturated carbocycles. The van der Waals surface area contributed by atoms with Crippen LogP contribution in [0.15, 0.2) is 109 Å². The maximum Gasteiger partial charge on any atom is 0.0721 e. The van der Waals surface area contributed by atoms with Crippen molar-refractivity contribution >= 4 is 0 Å². The van der Waals surface area contributed by atoms with E-state index in [1.54, 1.807) is 0 Å². The first kappa shape index (κ1) is 17.3. The summed E-state index contributed by atoms with van der Waals surface area (Å²) in [5, 5.41) is 0. The van der Waals surface area contributed by atoms with Crippen molar-refractivity contribution in [2.24, 2.45) is 0 Å². The highest BCUT2D eigenvalue weighted by atomic mass is 16.5. The molecule has 132 valence electrons. The number of benzene rings is 4. The second kappa shape index (κ2) is 8.48. The van der Waals surface area contributed by atoms with Crippen molar-refractivity contribution in [3.05, 3.63) is 120 Å². The van der Waals surface area contributed by atoms with E-state index in [1.807, 2.05) is 12.1 Å². The second-order valence-electron chi connectivity index (χ2n) is 6.62. The molecule has 0 saturated heterocycles. The Balaban J connectivity index is 1.32. The fraction of sp³-hybridized carbons (Fsp3) is 0.0769.